The average molecular weight is 200 g/mol. The quantitative estimate of drug-likeness (QED) is 0.523. The second-order valence-corrected chi connectivity index (χ2v) is 4.45. The lowest BCUT2D eigenvalue weighted by Gasteiger charge is -2.38. The molecule has 2 N–H and O–H groups in total. The third kappa shape index (κ3) is 4.27. The van der Waals surface area contributed by atoms with Gasteiger partial charge < -0.3 is 14.8 Å². The highest BCUT2D eigenvalue weighted by Crippen LogP contribution is 2.25. The Balaban J connectivity index is 4.22. The van der Waals surface area contributed by atoms with E-state index in [4.69, 9.17) is 4.65 Å². The first-order valence-electron chi connectivity index (χ1n) is 4.90. The van der Waals surface area contributed by atoms with E-state index >= 15 is 0 Å². The fourth-order valence-corrected chi connectivity index (χ4v) is 0.785. The van der Waals surface area contributed by atoms with Gasteiger partial charge in [-0.3, -0.25) is 0 Å². The number of aliphatic hydroxyl groups is 1. The Morgan fingerprint density at radius 1 is 1.29 bits per heavy atom. The third-order valence-electron chi connectivity index (χ3n) is 2.48. The maximum absolute atomic E-state index is 9.77. The highest BCUT2D eigenvalue weighted by molar-refractivity contribution is 6.43. The van der Waals surface area contributed by atoms with E-state index in [0.29, 0.717) is 6.32 Å². The first-order valence-corrected chi connectivity index (χ1v) is 4.90. The van der Waals surface area contributed by atoms with Crippen LogP contribution in [-0.2, 0) is 4.65 Å². The molecule has 0 aliphatic rings. The number of hydrogen-bond acceptors (Lipinski definition) is 3. The molecule has 0 bridgehead atoms. The van der Waals surface area contributed by atoms with Crippen LogP contribution in [0, 0.1) is 0 Å². The van der Waals surface area contributed by atoms with Gasteiger partial charge in [0, 0.05) is 6.32 Å². The van der Waals surface area contributed by atoms with Crippen LogP contribution in [0.2, 0.25) is 6.32 Å². The maximum Gasteiger partial charge on any atom is 0.458 e. The minimum Gasteiger partial charge on any atom is -0.427 e. The van der Waals surface area contributed by atoms with Crippen LogP contribution in [0.5, 0.6) is 0 Å². The van der Waals surface area contributed by atoms with Crippen LogP contribution >= 0.6 is 0 Å². The molecular formula is C10H21BO3. The van der Waals surface area contributed by atoms with Gasteiger partial charge in [0.05, 0.1) is 11.2 Å². The number of rotatable bonds is 5. The van der Waals surface area contributed by atoms with Crippen LogP contribution in [-0.4, -0.2) is 28.5 Å². The lowest BCUT2D eigenvalue weighted by molar-refractivity contribution is -0.0996. The molecule has 0 saturated carbocycles. The standard InChI is InChI=1S/C10H21BO3/c1-6-7-8-11(13)14-10(4,5)9(2,3)12/h6-7,12-13H,8H2,1-5H3/b7-6-. The molecule has 0 aromatic rings. The molecule has 0 fully saturated rings. The van der Waals surface area contributed by atoms with Gasteiger partial charge in [-0.05, 0) is 34.6 Å². The van der Waals surface area contributed by atoms with Crippen LogP contribution in [0.15, 0.2) is 12.2 Å². The van der Waals surface area contributed by atoms with Crippen molar-refractivity contribution in [2.75, 3.05) is 0 Å². The van der Waals surface area contributed by atoms with Crippen molar-refractivity contribution in [2.24, 2.45) is 0 Å². The lowest BCUT2D eigenvalue weighted by atomic mass is 9.80. The van der Waals surface area contributed by atoms with Gasteiger partial charge in [-0.1, -0.05) is 12.2 Å². The zero-order valence-electron chi connectivity index (χ0n) is 9.74. The summed E-state index contributed by atoms with van der Waals surface area (Å²) in [5, 5.41) is 19.3. The van der Waals surface area contributed by atoms with E-state index in [9.17, 15) is 10.1 Å². The minimum atomic E-state index is -0.982. The molecule has 0 spiro atoms. The Labute approximate surface area is 86.9 Å². The fourth-order valence-electron chi connectivity index (χ4n) is 0.785. The van der Waals surface area contributed by atoms with Crippen molar-refractivity contribution in [2.45, 2.75) is 52.1 Å². The summed E-state index contributed by atoms with van der Waals surface area (Å²) in [6.45, 7) is 8.72. The Bertz CT molecular complexity index is 194. The SMILES string of the molecule is C/C=C\CB(O)OC(C)(C)C(C)(C)O. The molecular weight excluding hydrogens is 179 g/mol. The molecule has 0 aromatic carbocycles. The summed E-state index contributed by atoms with van der Waals surface area (Å²) >= 11 is 0. The summed E-state index contributed by atoms with van der Waals surface area (Å²) in [6, 6.07) is 0. The van der Waals surface area contributed by atoms with E-state index in [1.54, 1.807) is 27.7 Å². The summed E-state index contributed by atoms with van der Waals surface area (Å²) < 4.78 is 5.36. The van der Waals surface area contributed by atoms with E-state index < -0.39 is 18.3 Å². The van der Waals surface area contributed by atoms with E-state index in [1.165, 1.54) is 0 Å². The fraction of sp³-hybridized carbons (Fsp3) is 0.800. The van der Waals surface area contributed by atoms with E-state index in [2.05, 4.69) is 0 Å². The first kappa shape index (κ1) is 13.7. The van der Waals surface area contributed by atoms with Crippen molar-refractivity contribution < 1.29 is 14.8 Å². The highest BCUT2D eigenvalue weighted by Gasteiger charge is 2.38. The van der Waals surface area contributed by atoms with E-state index in [0.717, 1.165) is 0 Å². The first-order chi connectivity index (χ1) is 6.20. The van der Waals surface area contributed by atoms with Gasteiger partial charge in [-0.2, -0.15) is 0 Å². The van der Waals surface area contributed by atoms with Crippen LogP contribution in [0.25, 0.3) is 0 Å². The van der Waals surface area contributed by atoms with Crippen molar-refractivity contribution in [3.05, 3.63) is 12.2 Å². The van der Waals surface area contributed by atoms with Gasteiger partial charge in [0.2, 0.25) is 0 Å². The average Bonchev–Trinajstić information content (AvgIpc) is 1.97. The molecule has 0 atom stereocenters. The third-order valence-corrected chi connectivity index (χ3v) is 2.48. The topological polar surface area (TPSA) is 49.7 Å². The molecule has 0 saturated heterocycles. The molecule has 0 rings (SSSR count). The number of allylic oxidation sites excluding steroid dienone is 2. The Hall–Kier alpha value is -0.315. The second kappa shape index (κ2) is 4.96. The molecule has 0 aromatic heterocycles. The molecule has 82 valence electrons. The normalized spacial score (nSPS) is 13.6. The summed E-state index contributed by atoms with van der Waals surface area (Å²) in [7, 11) is -0.868. The van der Waals surface area contributed by atoms with Crippen molar-refractivity contribution in [3.63, 3.8) is 0 Å². The molecule has 4 heteroatoms. The zero-order chi connectivity index (χ0) is 11.4. The van der Waals surface area contributed by atoms with Crippen molar-refractivity contribution in [1.29, 1.82) is 0 Å². The van der Waals surface area contributed by atoms with Gasteiger partial charge >= 0.3 is 7.12 Å². The van der Waals surface area contributed by atoms with Gasteiger partial charge in [0.25, 0.3) is 0 Å². The zero-order valence-corrected chi connectivity index (χ0v) is 9.74. The molecule has 0 heterocycles. The van der Waals surface area contributed by atoms with Gasteiger partial charge in [0.15, 0.2) is 0 Å². The molecule has 0 aliphatic carbocycles. The molecule has 0 aliphatic heterocycles. The molecule has 0 amide bonds. The van der Waals surface area contributed by atoms with Crippen LogP contribution in [0.3, 0.4) is 0 Å². The van der Waals surface area contributed by atoms with Gasteiger partial charge in [-0.15, -0.1) is 0 Å². The molecule has 3 nitrogen and oxygen atoms in total. The van der Waals surface area contributed by atoms with E-state index in [-0.39, 0.29) is 0 Å². The predicted molar refractivity (Wildman–Crippen MR) is 59.1 cm³/mol. The van der Waals surface area contributed by atoms with Crippen molar-refractivity contribution in [3.8, 4) is 0 Å². The van der Waals surface area contributed by atoms with Gasteiger partial charge in [-0.25, -0.2) is 0 Å². The largest absolute Gasteiger partial charge is 0.458 e. The van der Waals surface area contributed by atoms with Gasteiger partial charge in [0.1, 0.15) is 0 Å². The summed E-state index contributed by atoms with van der Waals surface area (Å²) in [4.78, 5) is 0. The van der Waals surface area contributed by atoms with Crippen LogP contribution in [0.4, 0.5) is 0 Å². The predicted octanol–water partition coefficient (Wildman–Crippen LogP) is 1.61. The Kier molecular flexibility index (Phi) is 4.85. The molecule has 14 heavy (non-hydrogen) atoms. The number of hydrogen-bond donors (Lipinski definition) is 2. The minimum absolute atomic E-state index is 0.440. The van der Waals surface area contributed by atoms with Crippen molar-refractivity contribution >= 4 is 7.12 Å². The van der Waals surface area contributed by atoms with Crippen LogP contribution < -0.4 is 0 Å². The second-order valence-electron chi connectivity index (χ2n) is 4.45. The van der Waals surface area contributed by atoms with E-state index in [1.807, 2.05) is 19.1 Å². The van der Waals surface area contributed by atoms with Crippen LogP contribution in [0.1, 0.15) is 34.6 Å². The highest BCUT2D eigenvalue weighted by atomic mass is 16.5. The Morgan fingerprint density at radius 2 is 1.79 bits per heavy atom. The smallest absolute Gasteiger partial charge is 0.427 e. The summed E-state index contributed by atoms with van der Waals surface area (Å²) in [5.41, 5.74) is -1.75. The Morgan fingerprint density at radius 3 is 2.14 bits per heavy atom. The summed E-state index contributed by atoms with van der Waals surface area (Å²) in [5.74, 6) is 0. The molecule has 0 radical (unpaired) electrons. The monoisotopic (exact) mass is 200 g/mol. The summed E-state index contributed by atoms with van der Waals surface area (Å²) in [6.07, 6.45) is 4.12. The lowest BCUT2D eigenvalue weighted by Crippen LogP contribution is -2.50. The van der Waals surface area contributed by atoms with Crippen molar-refractivity contribution in [1.82, 2.24) is 0 Å². The maximum atomic E-state index is 9.77. The molecule has 0 unspecified atom stereocenters.